The standard InChI is InChI=1S/C23H22F3N4O2/c1-16-10-21(31-3)22(32-14-17-4-6-18(7-5-17)23(24,25)26)11-20(16)30-9-8-29(15-30)19-12-27-28(2)13-19/h4-13H,1,14-15H2,2-3H3. The van der Waals surface area contributed by atoms with Crippen molar-refractivity contribution in [2.24, 2.45) is 7.05 Å². The highest BCUT2D eigenvalue weighted by Gasteiger charge is 2.30. The second-order valence-electron chi connectivity index (χ2n) is 7.37. The molecule has 0 amide bonds. The predicted molar refractivity (Wildman–Crippen MR) is 115 cm³/mol. The number of benzene rings is 2. The van der Waals surface area contributed by atoms with E-state index in [4.69, 9.17) is 9.47 Å². The fourth-order valence-electron chi connectivity index (χ4n) is 3.38. The van der Waals surface area contributed by atoms with Crippen LogP contribution in [-0.4, -0.2) is 23.6 Å². The third-order valence-corrected chi connectivity index (χ3v) is 5.10. The van der Waals surface area contributed by atoms with Crippen molar-refractivity contribution in [1.29, 1.82) is 0 Å². The van der Waals surface area contributed by atoms with Crippen LogP contribution in [0.1, 0.15) is 16.7 Å². The topological polar surface area (TPSA) is 42.8 Å². The van der Waals surface area contributed by atoms with Crippen LogP contribution in [0.15, 0.2) is 61.2 Å². The van der Waals surface area contributed by atoms with E-state index in [9.17, 15) is 13.2 Å². The van der Waals surface area contributed by atoms with Crippen LogP contribution in [0.5, 0.6) is 11.5 Å². The Bertz CT molecular complexity index is 1120. The molecule has 0 fully saturated rings. The molecule has 1 aromatic heterocycles. The lowest BCUT2D eigenvalue weighted by molar-refractivity contribution is -0.137. The van der Waals surface area contributed by atoms with E-state index < -0.39 is 11.7 Å². The molecular weight excluding hydrogens is 421 g/mol. The van der Waals surface area contributed by atoms with Crippen LogP contribution in [-0.2, 0) is 19.8 Å². The van der Waals surface area contributed by atoms with Gasteiger partial charge in [0.25, 0.3) is 0 Å². The number of aromatic nitrogens is 2. The zero-order valence-electron chi connectivity index (χ0n) is 17.6. The van der Waals surface area contributed by atoms with Crippen molar-refractivity contribution in [1.82, 2.24) is 9.78 Å². The highest BCUT2D eigenvalue weighted by atomic mass is 19.4. The van der Waals surface area contributed by atoms with Gasteiger partial charge in [-0.05, 0) is 36.2 Å². The van der Waals surface area contributed by atoms with Crippen LogP contribution >= 0.6 is 0 Å². The van der Waals surface area contributed by atoms with Gasteiger partial charge in [0.05, 0.1) is 31.2 Å². The average Bonchev–Trinajstić information content (AvgIpc) is 3.41. The Hall–Kier alpha value is -3.62. The summed E-state index contributed by atoms with van der Waals surface area (Å²) in [6, 6.07) is 8.49. The number of anilines is 2. The van der Waals surface area contributed by atoms with E-state index in [0.29, 0.717) is 23.7 Å². The maximum absolute atomic E-state index is 12.8. The van der Waals surface area contributed by atoms with Crippen LogP contribution in [0.3, 0.4) is 0 Å². The number of rotatable bonds is 6. The highest BCUT2D eigenvalue weighted by molar-refractivity contribution is 5.67. The van der Waals surface area contributed by atoms with Crippen LogP contribution < -0.4 is 19.3 Å². The van der Waals surface area contributed by atoms with Crippen molar-refractivity contribution in [2.75, 3.05) is 23.6 Å². The first-order valence-electron chi connectivity index (χ1n) is 9.78. The molecule has 1 radical (unpaired) electrons. The number of alkyl halides is 3. The summed E-state index contributed by atoms with van der Waals surface area (Å²) in [7, 11) is 3.39. The molecule has 0 atom stereocenters. The Morgan fingerprint density at radius 2 is 1.78 bits per heavy atom. The van der Waals surface area contributed by atoms with Crippen LogP contribution in [0, 0.1) is 6.92 Å². The summed E-state index contributed by atoms with van der Waals surface area (Å²) in [5.74, 6) is 0.973. The second kappa shape index (κ2) is 8.49. The number of aryl methyl sites for hydroxylation is 1. The van der Waals surface area contributed by atoms with Gasteiger partial charge in [-0.15, -0.1) is 0 Å². The third kappa shape index (κ3) is 4.51. The van der Waals surface area contributed by atoms with Gasteiger partial charge in [-0.25, -0.2) is 0 Å². The Labute approximate surface area is 184 Å². The Kier molecular flexibility index (Phi) is 5.73. The summed E-state index contributed by atoms with van der Waals surface area (Å²) in [4.78, 5) is 4.05. The Morgan fingerprint density at radius 1 is 1.06 bits per heavy atom. The molecule has 4 rings (SSSR count). The number of halogens is 3. The van der Waals surface area contributed by atoms with E-state index in [1.165, 1.54) is 19.2 Å². The SMILES string of the molecule is [CH2]c1cc(OC)c(OCc2ccc(C(F)(F)F)cc2)cc1N1C=CN(c2cnn(C)c2)C1. The van der Waals surface area contributed by atoms with Gasteiger partial charge in [-0.1, -0.05) is 12.1 Å². The quantitative estimate of drug-likeness (QED) is 0.539. The van der Waals surface area contributed by atoms with Crippen molar-refractivity contribution < 1.29 is 22.6 Å². The summed E-state index contributed by atoms with van der Waals surface area (Å²) in [5, 5.41) is 4.20. The van der Waals surface area contributed by atoms with E-state index in [-0.39, 0.29) is 6.61 Å². The van der Waals surface area contributed by atoms with Crippen molar-refractivity contribution in [3.63, 3.8) is 0 Å². The molecule has 32 heavy (non-hydrogen) atoms. The molecule has 0 saturated heterocycles. The van der Waals surface area contributed by atoms with E-state index in [1.54, 1.807) is 16.9 Å². The first-order chi connectivity index (χ1) is 15.2. The third-order valence-electron chi connectivity index (χ3n) is 5.10. The minimum atomic E-state index is -4.37. The van der Waals surface area contributed by atoms with Gasteiger partial charge < -0.3 is 19.3 Å². The molecule has 0 spiro atoms. The fraction of sp³-hybridized carbons (Fsp3) is 0.217. The van der Waals surface area contributed by atoms with Crippen molar-refractivity contribution >= 4 is 11.4 Å². The Balaban J connectivity index is 1.51. The Morgan fingerprint density at radius 3 is 2.41 bits per heavy atom. The lowest BCUT2D eigenvalue weighted by atomic mass is 10.1. The molecular formula is C23H22F3N4O2. The molecule has 0 bridgehead atoms. The molecule has 0 aliphatic carbocycles. The first-order valence-corrected chi connectivity index (χ1v) is 9.78. The largest absolute Gasteiger partial charge is 0.493 e. The number of hydrogen-bond donors (Lipinski definition) is 0. The molecule has 0 unspecified atom stereocenters. The van der Waals surface area contributed by atoms with E-state index in [1.807, 2.05) is 41.5 Å². The van der Waals surface area contributed by atoms with Gasteiger partial charge in [0.15, 0.2) is 11.5 Å². The monoisotopic (exact) mass is 443 g/mol. The number of hydrogen-bond acceptors (Lipinski definition) is 5. The number of nitrogens with zero attached hydrogens (tertiary/aromatic N) is 4. The number of methoxy groups -OCH3 is 1. The zero-order chi connectivity index (χ0) is 22.9. The average molecular weight is 443 g/mol. The van der Waals surface area contributed by atoms with Crippen molar-refractivity contribution in [3.8, 4) is 11.5 Å². The summed E-state index contributed by atoms with van der Waals surface area (Å²) in [6.07, 6.45) is 3.22. The van der Waals surface area contributed by atoms with Crippen LogP contribution in [0.2, 0.25) is 0 Å². The summed E-state index contributed by atoms with van der Waals surface area (Å²) in [6.45, 7) is 4.78. The maximum atomic E-state index is 12.8. The molecule has 0 N–H and O–H groups in total. The molecule has 2 heterocycles. The van der Waals surface area contributed by atoms with Gasteiger partial charge in [0, 0.05) is 37.4 Å². The second-order valence-corrected chi connectivity index (χ2v) is 7.37. The normalized spacial score (nSPS) is 13.7. The minimum absolute atomic E-state index is 0.0993. The number of ether oxygens (including phenoxy) is 2. The van der Waals surface area contributed by atoms with E-state index in [2.05, 4.69) is 12.0 Å². The van der Waals surface area contributed by atoms with E-state index in [0.717, 1.165) is 29.1 Å². The molecule has 0 saturated carbocycles. The first kappa shape index (κ1) is 21.6. The van der Waals surface area contributed by atoms with Gasteiger partial charge in [-0.3, -0.25) is 4.68 Å². The highest BCUT2D eigenvalue weighted by Crippen LogP contribution is 2.37. The minimum Gasteiger partial charge on any atom is -0.493 e. The van der Waals surface area contributed by atoms with Crippen LogP contribution in [0.4, 0.5) is 24.5 Å². The molecule has 1 aliphatic rings. The molecule has 2 aromatic carbocycles. The van der Waals surface area contributed by atoms with Gasteiger partial charge in [0.1, 0.15) is 6.61 Å². The smallest absolute Gasteiger partial charge is 0.416 e. The summed E-state index contributed by atoms with van der Waals surface area (Å²) in [5.41, 5.74) is 2.46. The van der Waals surface area contributed by atoms with E-state index >= 15 is 0 Å². The fourth-order valence-corrected chi connectivity index (χ4v) is 3.38. The van der Waals surface area contributed by atoms with Gasteiger partial charge in [0.2, 0.25) is 0 Å². The van der Waals surface area contributed by atoms with Crippen LogP contribution in [0.25, 0.3) is 0 Å². The van der Waals surface area contributed by atoms with Crippen molar-refractivity contribution in [2.45, 2.75) is 12.8 Å². The molecule has 9 heteroatoms. The molecule has 3 aromatic rings. The summed E-state index contributed by atoms with van der Waals surface area (Å²) < 4.78 is 51.3. The molecule has 1 aliphatic heterocycles. The van der Waals surface area contributed by atoms with Gasteiger partial charge in [-0.2, -0.15) is 18.3 Å². The maximum Gasteiger partial charge on any atom is 0.416 e. The molecule has 6 nitrogen and oxygen atoms in total. The molecule has 167 valence electrons. The summed E-state index contributed by atoms with van der Waals surface area (Å²) >= 11 is 0. The van der Waals surface area contributed by atoms with Gasteiger partial charge >= 0.3 is 6.18 Å². The predicted octanol–water partition coefficient (Wildman–Crippen LogP) is 4.96. The lowest BCUT2D eigenvalue weighted by Crippen LogP contribution is -2.25. The lowest BCUT2D eigenvalue weighted by Gasteiger charge is -2.23. The van der Waals surface area contributed by atoms with Crippen molar-refractivity contribution in [3.05, 3.63) is 84.8 Å². The zero-order valence-corrected chi connectivity index (χ0v) is 17.6.